The highest BCUT2D eigenvalue weighted by Gasteiger charge is 2.26. The average Bonchev–Trinajstić information content (AvgIpc) is 2.97. The van der Waals surface area contributed by atoms with Crippen LogP contribution < -0.4 is 0 Å². The molecule has 1 fully saturated rings. The van der Waals surface area contributed by atoms with E-state index in [0.29, 0.717) is 5.92 Å². The molecule has 72 valence electrons. The SMILES string of the molecule is FSn1ncc2cccc(C3CC3)c21. The quantitative estimate of drug-likeness (QED) is 0.753. The molecule has 1 heterocycles. The maximum absolute atomic E-state index is 12.6. The first-order valence-corrected chi connectivity index (χ1v) is 5.33. The van der Waals surface area contributed by atoms with Gasteiger partial charge >= 0.3 is 0 Å². The molecule has 1 saturated carbocycles. The Bertz CT molecular complexity index is 476. The molecule has 0 spiro atoms. The lowest BCUT2D eigenvalue weighted by atomic mass is 10.1. The number of para-hydroxylation sites is 1. The van der Waals surface area contributed by atoms with E-state index in [1.54, 1.807) is 6.20 Å². The van der Waals surface area contributed by atoms with Gasteiger partial charge in [-0.3, -0.25) is 0 Å². The molecule has 1 aromatic heterocycles. The summed E-state index contributed by atoms with van der Waals surface area (Å²) >= 11 is 0.170. The monoisotopic (exact) mass is 208 g/mol. The smallest absolute Gasteiger partial charge is 0.176 e. The van der Waals surface area contributed by atoms with Crippen molar-refractivity contribution >= 4 is 23.2 Å². The van der Waals surface area contributed by atoms with Gasteiger partial charge in [-0.2, -0.15) is 9.19 Å². The Hall–Kier alpha value is -1.03. The zero-order valence-electron chi connectivity index (χ0n) is 7.48. The summed E-state index contributed by atoms with van der Waals surface area (Å²) in [5, 5.41) is 5.02. The predicted octanol–water partition coefficient (Wildman–Crippen LogP) is 3.29. The fraction of sp³-hybridized carbons (Fsp3) is 0.300. The van der Waals surface area contributed by atoms with Crippen molar-refractivity contribution in [1.29, 1.82) is 0 Å². The Morgan fingerprint density at radius 1 is 1.43 bits per heavy atom. The zero-order chi connectivity index (χ0) is 9.54. The fourth-order valence-corrected chi connectivity index (χ4v) is 2.22. The van der Waals surface area contributed by atoms with Crippen LogP contribution in [-0.2, 0) is 0 Å². The first-order chi connectivity index (χ1) is 6.90. The van der Waals surface area contributed by atoms with E-state index < -0.39 is 0 Å². The molecule has 0 saturated heterocycles. The lowest BCUT2D eigenvalue weighted by Gasteiger charge is -2.01. The first kappa shape index (κ1) is 8.29. The van der Waals surface area contributed by atoms with Gasteiger partial charge in [-0.1, -0.05) is 18.2 Å². The minimum atomic E-state index is 0.170. The number of benzene rings is 1. The van der Waals surface area contributed by atoms with Crippen LogP contribution in [0.4, 0.5) is 3.89 Å². The van der Waals surface area contributed by atoms with Crippen molar-refractivity contribution in [3.8, 4) is 0 Å². The Labute approximate surface area is 85.5 Å². The van der Waals surface area contributed by atoms with Crippen molar-refractivity contribution < 1.29 is 3.89 Å². The number of fused-ring (bicyclic) bond motifs is 1. The highest BCUT2D eigenvalue weighted by molar-refractivity contribution is 7.92. The molecule has 1 aromatic carbocycles. The molecule has 0 aliphatic heterocycles. The van der Waals surface area contributed by atoms with E-state index in [1.165, 1.54) is 22.5 Å². The average molecular weight is 208 g/mol. The van der Waals surface area contributed by atoms with Gasteiger partial charge in [0, 0.05) is 5.39 Å². The lowest BCUT2D eigenvalue weighted by molar-refractivity contribution is 0.886. The number of hydrogen-bond acceptors (Lipinski definition) is 2. The second-order valence-corrected chi connectivity index (χ2v) is 4.13. The Kier molecular flexibility index (Phi) is 1.77. The van der Waals surface area contributed by atoms with Crippen LogP contribution in [0.1, 0.15) is 24.3 Å². The van der Waals surface area contributed by atoms with Crippen molar-refractivity contribution in [3.05, 3.63) is 30.0 Å². The van der Waals surface area contributed by atoms with Crippen LogP contribution in [0.15, 0.2) is 24.4 Å². The van der Waals surface area contributed by atoms with Crippen molar-refractivity contribution in [2.45, 2.75) is 18.8 Å². The predicted molar refractivity (Wildman–Crippen MR) is 55.8 cm³/mol. The molecule has 2 aromatic rings. The van der Waals surface area contributed by atoms with E-state index in [0.717, 1.165) is 10.9 Å². The van der Waals surface area contributed by atoms with Crippen molar-refractivity contribution in [2.75, 3.05) is 0 Å². The van der Waals surface area contributed by atoms with Crippen LogP contribution in [0.5, 0.6) is 0 Å². The third-order valence-electron chi connectivity index (χ3n) is 2.67. The van der Waals surface area contributed by atoms with Crippen LogP contribution in [0, 0.1) is 0 Å². The summed E-state index contributed by atoms with van der Waals surface area (Å²) in [6.45, 7) is 0. The number of nitrogens with zero attached hydrogens (tertiary/aromatic N) is 2. The molecule has 0 radical (unpaired) electrons. The minimum Gasteiger partial charge on any atom is -0.176 e. The van der Waals surface area contributed by atoms with Crippen molar-refractivity contribution in [3.63, 3.8) is 0 Å². The van der Waals surface area contributed by atoms with Crippen LogP contribution >= 0.6 is 12.3 Å². The molecule has 0 atom stereocenters. The summed E-state index contributed by atoms with van der Waals surface area (Å²) < 4.78 is 13.9. The maximum Gasteiger partial charge on any atom is 0.188 e. The highest BCUT2D eigenvalue weighted by atomic mass is 32.2. The van der Waals surface area contributed by atoms with E-state index in [2.05, 4.69) is 11.2 Å². The topological polar surface area (TPSA) is 17.8 Å². The molecule has 0 unspecified atom stereocenters. The normalized spacial score (nSPS) is 16.4. The van der Waals surface area contributed by atoms with Gasteiger partial charge in [-0.15, -0.1) is 3.89 Å². The molecule has 2 nitrogen and oxygen atoms in total. The van der Waals surface area contributed by atoms with Crippen LogP contribution in [-0.4, -0.2) is 9.19 Å². The van der Waals surface area contributed by atoms with Crippen molar-refractivity contribution in [2.24, 2.45) is 0 Å². The van der Waals surface area contributed by atoms with Gasteiger partial charge in [0.25, 0.3) is 0 Å². The van der Waals surface area contributed by atoms with Crippen molar-refractivity contribution in [1.82, 2.24) is 9.19 Å². The summed E-state index contributed by atoms with van der Waals surface area (Å²) in [4.78, 5) is 0. The summed E-state index contributed by atoms with van der Waals surface area (Å²) in [5.74, 6) is 0.626. The third kappa shape index (κ3) is 1.14. The number of rotatable bonds is 2. The van der Waals surface area contributed by atoms with E-state index in [9.17, 15) is 3.89 Å². The summed E-state index contributed by atoms with van der Waals surface area (Å²) in [7, 11) is 0. The second kappa shape index (κ2) is 2.98. The van der Waals surface area contributed by atoms with Gasteiger partial charge in [0.15, 0.2) is 12.3 Å². The summed E-state index contributed by atoms with van der Waals surface area (Å²) in [6, 6.07) is 6.07. The minimum absolute atomic E-state index is 0.170. The van der Waals surface area contributed by atoms with E-state index in [4.69, 9.17) is 0 Å². The van der Waals surface area contributed by atoms with E-state index in [1.807, 2.05) is 12.1 Å². The molecule has 0 bridgehead atoms. The van der Waals surface area contributed by atoms with E-state index in [-0.39, 0.29) is 12.3 Å². The van der Waals surface area contributed by atoms with Gasteiger partial charge in [-0.25, -0.2) is 0 Å². The Balaban J connectivity index is 2.30. The van der Waals surface area contributed by atoms with Crippen LogP contribution in [0.2, 0.25) is 0 Å². The molecule has 0 amide bonds. The number of halogens is 1. The highest BCUT2D eigenvalue weighted by Crippen LogP contribution is 2.43. The van der Waals surface area contributed by atoms with Gasteiger partial charge in [-0.05, 0) is 24.3 Å². The maximum atomic E-state index is 12.6. The standard InChI is InChI=1S/C10H9FN2S/c11-14-13-10-8(6-12-13)2-1-3-9(10)7-4-5-7/h1-3,6-7H,4-5H2. The lowest BCUT2D eigenvalue weighted by Crippen LogP contribution is -1.89. The van der Waals surface area contributed by atoms with Crippen LogP contribution in [0.3, 0.4) is 0 Å². The second-order valence-electron chi connectivity index (χ2n) is 3.65. The summed E-state index contributed by atoms with van der Waals surface area (Å²) in [5.41, 5.74) is 2.19. The zero-order valence-corrected chi connectivity index (χ0v) is 8.30. The largest absolute Gasteiger partial charge is 0.188 e. The molecular formula is C10H9FN2S. The first-order valence-electron chi connectivity index (χ1n) is 4.66. The fourth-order valence-electron chi connectivity index (χ4n) is 1.85. The van der Waals surface area contributed by atoms with Crippen LogP contribution in [0.25, 0.3) is 10.9 Å². The molecular weight excluding hydrogens is 199 g/mol. The third-order valence-corrected chi connectivity index (χ3v) is 3.08. The van der Waals surface area contributed by atoms with Gasteiger partial charge in [0.1, 0.15) is 0 Å². The van der Waals surface area contributed by atoms with Gasteiger partial charge < -0.3 is 0 Å². The van der Waals surface area contributed by atoms with Gasteiger partial charge in [0.05, 0.1) is 11.7 Å². The van der Waals surface area contributed by atoms with Gasteiger partial charge in [0.2, 0.25) is 0 Å². The molecule has 14 heavy (non-hydrogen) atoms. The summed E-state index contributed by atoms with van der Waals surface area (Å²) in [6.07, 6.45) is 4.16. The molecule has 0 N–H and O–H groups in total. The molecule has 4 heteroatoms. The molecule has 3 rings (SSSR count). The van der Waals surface area contributed by atoms with E-state index >= 15 is 0 Å². The Morgan fingerprint density at radius 2 is 2.29 bits per heavy atom. The molecule has 1 aliphatic carbocycles. The number of aromatic nitrogens is 2. The molecule has 1 aliphatic rings. The Morgan fingerprint density at radius 3 is 3.00 bits per heavy atom. The number of hydrogen-bond donors (Lipinski definition) is 0.